The Morgan fingerprint density at radius 2 is 2.23 bits per heavy atom. The SMILES string of the molecule is N[C@H](C(=O)O)c1ccc(I)cc1Cl. The molecule has 13 heavy (non-hydrogen) atoms. The van der Waals surface area contributed by atoms with Crippen LogP contribution in [0.4, 0.5) is 0 Å². The van der Waals surface area contributed by atoms with E-state index in [2.05, 4.69) is 22.6 Å². The Morgan fingerprint density at radius 3 is 2.69 bits per heavy atom. The van der Waals surface area contributed by atoms with Crippen molar-refractivity contribution in [3.8, 4) is 0 Å². The molecule has 0 saturated carbocycles. The number of halogens is 2. The first-order valence-electron chi connectivity index (χ1n) is 3.45. The quantitative estimate of drug-likeness (QED) is 0.822. The topological polar surface area (TPSA) is 63.3 Å². The van der Waals surface area contributed by atoms with Crippen molar-refractivity contribution >= 4 is 40.2 Å². The van der Waals surface area contributed by atoms with Crippen molar-refractivity contribution in [2.45, 2.75) is 6.04 Å². The zero-order chi connectivity index (χ0) is 10.0. The van der Waals surface area contributed by atoms with Crippen LogP contribution in [0.5, 0.6) is 0 Å². The van der Waals surface area contributed by atoms with Gasteiger partial charge in [-0.3, -0.25) is 4.79 Å². The summed E-state index contributed by atoms with van der Waals surface area (Å²) in [7, 11) is 0. The largest absolute Gasteiger partial charge is 0.480 e. The molecule has 3 nitrogen and oxygen atoms in total. The molecule has 0 amide bonds. The number of hydrogen-bond donors (Lipinski definition) is 2. The van der Waals surface area contributed by atoms with Gasteiger partial charge in [0.1, 0.15) is 6.04 Å². The second-order valence-corrected chi connectivity index (χ2v) is 4.13. The Labute approximate surface area is 94.0 Å². The van der Waals surface area contributed by atoms with Crippen molar-refractivity contribution in [2.75, 3.05) is 0 Å². The van der Waals surface area contributed by atoms with E-state index in [0.29, 0.717) is 10.6 Å². The smallest absolute Gasteiger partial charge is 0.325 e. The molecule has 1 aromatic carbocycles. The number of benzene rings is 1. The molecule has 5 heteroatoms. The fourth-order valence-corrected chi connectivity index (χ4v) is 1.86. The summed E-state index contributed by atoms with van der Waals surface area (Å²) < 4.78 is 0.948. The number of carboxylic acid groups (broad SMARTS) is 1. The van der Waals surface area contributed by atoms with Gasteiger partial charge in [0.05, 0.1) is 0 Å². The standard InChI is InChI=1S/C8H7ClINO2/c9-6-3-4(10)1-2-5(6)7(11)8(12)13/h1-3,7H,11H2,(H,12,13)/t7-/m0/s1. The molecule has 0 aliphatic rings. The molecule has 0 fully saturated rings. The molecule has 0 heterocycles. The summed E-state index contributed by atoms with van der Waals surface area (Å²) in [4.78, 5) is 10.6. The lowest BCUT2D eigenvalue weighted by molar-refractivity contribution is -0.138. The van der Waals surface area contributed by atoms with E-state index in [1.54, 1.807) is 18.2 Å². The molecule has 70 valence electrons. The summed E-state index contributed by atoms with van der Waals surface area (Å²) in [6.45, 7) is 0. The van der Waals surface area contributed by atoms with Gasteiger partial charge in [0, 0.05) is 8.59 Å². The lowest BCUT2D eigenvalue weighted by Gasteiger charge is -2.08. The highest BCUT2D eigenvalue weighted by Crippen LogP contribution is 2.23. The average Bonchev–Trinajstić information content (AvgIpc) is 2.03. The van der Waals surface area contributed by atoms with Crippen LogP contribution >= 0.6 is 34.2 Å². The number of rotatable bonds is 2. The fourth-order valence-electron chi connectivity index (χ4n) is 0.887. The molecule has 0 aromatic heterocycles. The number of aliphatic carboxylic acids is 1. The number of nitrogens with two attached hydrogens (primary N) is 1. The predicted octanol–water partition coefficient (Wildman–Crippen LogP) is 2.03. The van der Waals surface area contributed by atoms with E-state index in [-0.39, 0.29) is 0 Å². The number of hydrogen-bond acceptors (Lipinski definition) is 2. The maximum absolute atomic E-state index is 10.6. The highest BCUT2D eigenvalue weighted by atomic mass is 127. The van der Waals surface area contributed by atoms with Gasteiger partial charge < -0.3 is 10.8 Å². The van der Waals surface area contributed by atoms with Crippen LogP contribution in [-0.2, 0) is 4.79 Å². The zero-order valence-corrected chi connectivity index (χ0v) is 9.41. The van der Waals surface area contributed by atoms with Gasteiger partial charge in [-0.1, -0.05) is 17.7 Å². The Morgan fingerprint density at radius 1 is 1.62 bits per heavy atom. The van der Waals surface area contributed by atoms with Gasteiger partial charge in [-0.15, -0.1) is 0 Å². The fraction of sp³-hybridized carbons (Fsp3) is 0.125. The first-order valence-corrected chi connectivity index (χ1v) is 4.91. The summed E-state index contributed by atoms with van der Waals surface area (Å²) in [5.74, 6) is -1.08. The third-order valence-corrected chi connectivity index (χ3v) is 2.56. The van der Waals surface area contributed by atoms with Gasteiger partial charge in [0.2, 0.25) is 0 Å². The molecule has 3 N–H and O–H groups in total. The Hall–Kier alpha value is -0.330. The molecule has 1 atom stereocenters. The van der Waals surface area contributed by atoms with Crippen molar-refractivity contribution in [3.63, 3.8) is 0 Å². The van der Waals surface area contributed by atoms with Crippen LogP contribution in [0.15, 0.2) is 18.2 Å². The first kappa shape index (κ1) is 10.7. The summed E-state index contributed by atoms with van der Waals surface area (Å²) in [5.41, 5.74) is 5.84. The van der Waals surface area contributed by atoms with Crippen molar-refractivity contribution in [1.82, 2.24) is 0 Å². The van der Waals surface area contributed by atoms with Crippen LogP contribution < -0.4 is 5.73 Å². The first-order chi connectivity index (χ1) is 6.02. The van der Waals surface area contributed by atoms with E-state index in [0.717, 1.165) is 3.57 Å². The molecule has 0 radical (unpaired) electrons. The van der Waals surface area contributed by atoms with Crippen molar-refractivity contribution in [2.24, 2.45) is 5.73 Å². The third kappa shape index (κ3) is 2.55. The second-order valence-electron chi connectivity index (χ2n) is 2.48. The van der Waals surface area contributed by atoms with Gasteiger partial charge in [-0.05, 0) is 40.3 Å². The van der Waals surface area contributed by atoms with E-state index in [1.165, 1.54) is 0 Å². The summed E-state index contributed by atoms with van der Waals surface area (Å²) in [5, 5.41) is 9.03. The molecule has 0 saturated heterocycles. The number of carboxylic acids is 1. The van der Waals surface area contributed by atoms with E-state index in [4.69, 9.17) is 22.4 Å². The second kappa shape index (κ2) is 4.26. The normalized spacial score (nSPS) is 12.5. The van der Waals surface area contributed by atoms with Crippen LogP contribution in [-0.4, -0.2) is 11.1 Å². The van der Waals surface area contributed by atoms with Crippen LogP contribution in [0.25, 0.3) is 0 Å². The molecule has 0 unspecified atom stereocenters. The van der Waals surface area contributed by atoms with E-state index in [9.17, 15) is 4.79 Å². The molecule has 0 aliphatic carbocycles. The van der Waals surface area contributed by atoms with E-state index >= 15 is 0 Å². The average molecular weight is 312 g/mol. The molecular formula is C8H7ClINO2. The summed E-state index contributed by atoms with van der Waals surface area (Å²) >= 11 is 7.91. The van der Waals surface area contributed by atoms with Crippen molar-refractivity contribution in [3.05, 3.63) is 32.4 Å². The lowest BCUT2D eigenvalue weighted by atomic mass is 10.1. The molecule has 0 bridgehead atoms. The monoisotopic (exact) mass is 311 g/mol. The van der Waals surface area contributed by atoms with Gasteiger partial charge >= 0.3 is 5.97 Å². The van der Waals surface area contributed by atoms with Crippen LogP contribution in [0.3, 0.4) is 0 Å². The highest BCUT2D eigenvalue weighted by molar-refractivity contribution is 14.1. The van der Waals surface area contributed by atoms with E-state index in [1.807, 2.05) is 0 Å². The Bertz CT molecular complexity index is 343. The minimum atomic E-state index is -1.08. The minimum absolute atomic E-state index is 0.391. The maximum Gasteiger partial charge on any atom is 0.325 e. The van der Waals surface area contributed by atoms with Gasteiger partial charge in [-0.2, -0.15) is 0 Å². The predicted molar refractivity (Wildman–Crippen MR) is 58.7 cm³/mol. The maximum atomic E-state index is 10.6. The summed E-state index contributed by atoms with van der Waals surface area (Å²) in [6.07, 6.45) is 0. The van der Waals surface area contributed by atoms with E-state index < -0.39 is 12.0 Å². The minimum Gasteiger partial charge on any atom is -0.480 e. The number of carbonyl (C=O) groups is 1. The zero-order valence-electron chi connectivity index (χ0n) is 6.50. The molecule has 0 spiro atoms. The van der Waals surface area contributed by atoms with Gasteiger partial charge in [-0.25, -0.2) is 0 Å². The molecular weight excluding hydrogens is 304 g/mol. The highest BCUT2D eigenvalue weighted by Gasteiger charge is 2.16. The third-order valence-electron chi connectivity index (χ3n) is 1.56. The van der Waals surface area contributed by atoms with Crippen LogP contribution in [0.1, 0.15) is 11.6 Å². The van der Waals surface area contributed by atoms with Crippen molar-refractivity contribution in [1.29, 1.82) is 0 Å². The molecule has 1 aromatic rings. The Kier molecular flexibility index (Phi) is 3.52. The van der Waals surface area contributed by atoms with Gasteiger partial charge in [0.15, 0.2) is 0 Å². The molecule has 1 rings (SSSR count). The van der Waals surface area contributed by atoms with Crippen LogP contribution in [0, 0.1) is 3.57 Å². The Balaban J connectivity index is 3.08. The van der Waals surface area contributed by atoms with Crippen LogP contribution in [0.2, 0.25) is 5.02 Å². The van der Waals surface area contributed by atoms with Crippen molar-refractivity contribution < 1.29 is 9.90 Å². The lowest BCUT2D eigenvalue weighted by Crippen LogP contribution is -2.20. The van der Waals surface area contributed by atoms with Gasteiger partial charge in [0.25, 0.3) is 0 Å². The molecule has 0 aliphatic heterocycles. The summed E-state index contributed by atoms with van der Waals surface area (Å²) in [6, 6.07) is 4.03.